The quantitative estimate of drug-likeness (QED) is 0.763. The third kappa shape index (κ3) is 2.92. The van der Waals surface area contributed by atoms with Gasteiger partial charge in [0.1, 0.15) is 17.7 Å². The fraction of sp³-hybridized carbons (Fsp3) is 0.429. The van der Waals surface area contributed by atoms with Crippen LogP contribution < -0.4 is 0 Å². The molecule has 0 bridgehead atoms. The summed E-state index contributed by atoms with van der Waals surface area (Å²) in [6.07, 6.45) is 0. The van der Waals surface area contributed by atoms with Crippen molar-refractivity contribution in [3.05, 3.63) is 28.2 Å². The Morgan fingerprint density at radius 2 is 2.24 bits per heavy atom. The highest BCUT2D eigenvalue weighted by atomic mass is 79.9. The van der Waals surface area contributed by atoms with E-state index >= 15 is 0 Å². The number of likely N-dealkylation sites (N-methyl/N-ethyl adjacent to an activating group) is 1. The smallest absolute Gasteiger partial charge is 0.245 e. The molecule has 0 radical (unpaired) electrons. The molecule has 1 unspecified atom stereocenters. The largest absolute Gasteiger partial charge is 0.344 e. The molecule has 0 saturated carbocycles. The van der Waals surface area contributed by atoms with E-state index in [4.69, 9.17) is 11.6 Å². The summed E-state index contributed by atoms with van der Waals surface area (Å²) in [6, 6.07) is 2.52. The first-order chi connectivity index (χ1) is 9.90. The first kappa shape index (κ1) is 16.2. The molecule has 21 heavy (non-hydrogen) atoms. The van der Waals surface area contributed by atoms with Crippen molar-refractivity contribution in [2.45, 2.75) is 25.8 Å². The summed E-state index contributed by atoms with van der Waals surface area (Å²) in [5.74, 6) is 0.275. The molecule has 0 aliphatic carbocycles. The Hall–Kier alpha value is -1.14. The van der Waals surface area contributed by atoms with Gasteiger partial charge in [-0.05, 0) is 35.8 Å². The number of imidazole rings is 1. The number of hydrogen-bond acceptors (Lipinski definition) is 2. The lowest BCUT2D eigenvalue weighted by Crippen LogP contribution is -2.33. The molecule has 1 aromatic heterocycles. The molecule has 7 heteroatoms. The minimum atomic E-state index is -0.453. The Kier molecular flexibility index (Phi) is 4.88. The van der Waals surface area contributed by atoms with Crippen LogP contribution in [0.4, 0.5) is 4.39 Å². The van der Waals surface area contributed by atoms with E-state index in [9.17, 15) is 9.18 Å². The Balaban J connectivity index is 2.61. The molecule has 0 aliphatic heterocycles. The number of carbonyl (C=O) groups excluding carboxylic acids is 1. The van der Waals surface area contributed by atoms with Gasteiger partial charge in [-0.15, -0.1) is 11.6 Å². The third-order valence-corrected chi connectivity index (χ3v) is 4.37. The van der Waals surface area contributed by atoms with Gasteiger partial charge in [-0.2, -0.15) is 0 Å². The Morgan fingerprint density at radius 1 is 1.57 bits per heavy atom. The Bertz CT molecular complexity index is 688. The molecule has 0 spiro atoms. The van der Waals surface area contributed by atoms with E-state index in [0.29, 0.717) is 27.9 Å². The molecule has 0 saturated heterocycles. The molecule has 1 atom stereocenters. The average molecular weight is 377 g/mol. The highest BCUT2D eigenvalue weighted by molar-refractivity contribution is 9.10. The monoisotopic (exact) mass is 375 g/mol. The van der Waals surface area contributed by atoms with Crippen LogP contribution in [0.2, 0.25) is 0 Å². The zero-order valence-electron chi connectivity index (χ0n) is 12.0. The van der Waals surface area contributed by atoms with Crippen molar-refractivity contribution in [2.75, 3.05) is 13.6 Å². The number of amides is 1. The van der Waals surface area contributed by atoms with E-state index in [1.165, 1.54) is 6.07 Å². The van der Waals surface area contributed by atoms with Crippen LogP contribution in [0.1, 0.15) is 25.7 Å². The standard InChI is InChI=1S/C14H16BrClFN3O/c1-4-19(3)14(21)8(2)20-12-5-9(15)10(17)6-11(12)18-13(20)7-16/h5-6,8H,4,7H2,1-3H3. The number of fused-ring (bicyclic) bond motifs is 1. The summed E-state index contributed by atoms with van der Waals surface area (Å²) in [4.78, 5) is 18.3. The number of alkyl halides is 1. The zero-order valence-corrected chi connectivity index (χ0v) is 14.4. The fourth-order valence-corrected chi connectivity index (χ4v) is 2.77. The van der Waals surface area contributed by atoms with Gasteiger partial charge < -0.3 is 9.47 Å². The number of benzene rings is 1. The van der Waals surface area contributed by atoms with Crippen LogP contribution in [-0.2, 0) is 10.7 Å². The van der Waals surface area contributed by atoms with Crippen LogP contribution in [0.15, 0.2) is 16.6 Å². The van der Waals surface area contributed by atoms with Gasteiger partial charge in [0.25, 0.3) is 0 Å². The van der Waals surface area contributed by atoms with Gasteiger partial charge in [0.05, 0.1) is 21.4 Å². The molecule has 0 fully saturated rings. The first-order valence-electron chi connectivity index (χ1n) is 6.57. The summed E-state index contributed by atoms with van der Waals surface area (Å²) in [6.45, 7) is 4.32. The van der Waals surface area contributed by atoms with Gasteiger partial charge in [0.2, 0.25) is 5.91 Å². The minimum Gasteiger partial charge on any atom is -0.344 e. The van der Waals surface area contributed by atoms with Crippen molar-refractivity contribution in [1.82, 2.24) is 14.5 Å². The summed E-state index contributed by atoms with van der Waals surface area (Å²) >= 11 is 9.10. The highest BCUT2D eigenvalue weighted by Crippen LogP contribution is 2.28. The van der Waals surface area contributed by atoms with Crippen LogP contribution in [0.5, 0.6) is 0 Å². The molecule has 1 amide bonds. The lowest BCUT2D eigenvalue weighted by atomic mass is 10.2. The second-order valence-corrected chi connectivity index (χ2v) is 5.94. The van der Waals surface area contributed by atoms with Gasteiger partial charge in [-0.25, -0.2) is 9.37 Å². The van der Waals surface area contributed by atoms with E-state index in [2.05, 4.69) is 20.9 Å². The molecular formula is C14H16BrClFN3O. The van der Waals surface area contributed by atoms with Crippen molar-refractivity contribution < 1.29 is 9.18 Å². The van der Waals surface area contributed by atoms with Gasteiger partial charge in [-0.3, -0.25) is 4.79 Å². The van der Waals surface area contributed by atoms with Crippen molar-refractivity contribution in [3.63, 3.8) is 0 Å². The maximum Gasteiger partial charge on any atom is 0.245 e. The average Bonchev–Trinajstić information content (AvgIpc) is 2.82. The fourth-order valence-electron chi connectivity index (χ4n) is 2.25. The Labute approximate surface area is 136 Å². The summed E-state index contributed by atoms with van der Waals surface area (Å²) in [5.41, 5.74) is 1.18. The molecule has 114 valence electrons. The number of hydrogen-bond donors (Lipinski definition) is 0. The number of halogens is 3. The Morgan fingerprint density at radius 3 is 2.81 bits per heavy atom. The van der Waals surface area contributed by atoms with Crippen LogP contribution in [0.25, 0.3) is 11.0 Å². The summed E-state index contributed by atoms with van der Waals surface area (Å²) in [7, 11) is 1.74. The van der Waals surface area contributed by atoms with Crippen LogP contribution in [-0.4, -0.2) is 34.0 Å². The van der Waals surface area contributed by atoms with Gasteiger partial charge in [-0.1, -0.05) is 0 Å². The first-order valence-corrected chi connectivity index (χ1v) is 7.90. The second-order valence-electron chi connectivity index (χ2n) is 4.82. The van der Waals surface area contributed by atoms with Crippen molar-refractivity contribution in [3.8, 4) is 0 Å². The summed E-state index contributed by atoms with van der Waals surface area (Å²) < 4.78 is 15.7. The van der Waals surface area contributed by atoms with Crippen LogP contribution in [0, 0.1) is 5.82 Å². The molecule has 0 aliphatic rings. The van der Waals surface area contributed by atoms with Crippen LogP contribution >= 0.6 is 27.5 Å². The normalized spacial score (nSPS) is 12.7. The van der Waals surface area contributed by atoms with E-state index < -0.39 is 11.9 Å². The molecule has 0 N–H and O–H groups in total. The third-order valence-electron chi connectivity index (χ3n) is 3.52. The topological polar surface area (TPSA) is 38.1 Å². The summed E-state index contributed by atoms with van der Waals surface area (Å²) in [5, 5.41) is 0. The maximum absolute atomic E-state index is 13.6. The number of carbonyl (C=O) groups is 1. The molecule has 2 rings (SSSR count). The van der Waals surface area contributed by atoms with Gasteiger partial charge >= 0.3 is 0 Å². The number of nitrogens with zero attached hydrogens (tertiary/aromatic N) is 3. The molecule has 4 nitrogen and oxygen atoms in total. The van der Waals surface area contributed by atoms with Crippen molar-refractivity contribution in [1.29, 1.82) is 0 Å². The maximum atomic E-state index is 13.6. The van der Waals surface area contributed by atoms with E-state index in [1.807, 2.05) is 6.92 Å². The SMILES string of the molecule is CCN(C)C(=O)C(C)n1c(CCl)nc2cc(F)c(Br)cc21. The predicted molar refractivity (Wildman–Crippen MR) is 85.0 cm³/mol. The lowest BCUT2D eigenvalue weighted by molar-refractivity contribution is -0.132. The molecular weight excluding hydrogens is 361 g/mol. The zero-order chi connectivity index (χ0) is 15.7. The van der Waals surface area contributed by atoms with Gasteiger partial charge in [0, 0.05) is 19.7 Å². The van der Waals surface area contributed by atoms with Crippen molar-refractivity contribution in [2.24, 2.45) is 0 Å². The van der Waals surface area contributed by atoms with E-state index in [0.717, 1.165) is 0 Å². The van der Waals surface area contributed by atoms with E-state index in [1.54, 1.807) is 29.5 Å². The molecule has 2 aromatic rings. The van der Waals surface area contributed by atoms with E-state index in [-0.39, 0.29) is 11.8 Å². The highest BCUT2D eigenvalue weighted by Gasteiger charge is 2.24. The predicted octanol–water partition coefficient (Wildman–Crippen LogP) is 3.72. The van der Waals surface area contributed by atoms with Crippen LogP contribution in [0.3, 0.4) is 0 Å². The minimum absolute atomic E-state index is 0.0383. The number of aromatic nitrogens is 2. The molecule has 1 heterocycles. The second kappa shape index (κ2) is 6.32. The lowest BCUT2D eigenvalue weighted by Gasteiger charge is -2.22. The van der Waals surface area contributed by atoms with Gasteiger partial charge in [0.15, 0.2) is 0 Å². The number of rotatable bonds is 4. The van der Waals surface area contributed by atoms with Crippen molar-refractivity contribution >= 4 is 44.5 Å². The molecule has 1 aromatic carbocycles.